The Balaban J connectivity index is 2.20. The van der Waals surface area contributed by atoms with Gasteiger partial charge >= 0.3 is 18.1 Å². The van der Waals surface area contributed by atoms with E-state index in [1.807, 2.05) is 45.2 Å². The summed E-state index contributed by atoms with van der Waals surface area (Å²) in [6.07, 6.45) is -5.30. The molecule has 0 heterocycles. The molecule has 6 nitrogen and oxygen atoms in total. The topological polar surface area (TPSA) is 73.9 Å². The highest BCUT2D eigenvalue weighted by Crippen LogP contribution is 2.32. The molecule has 0 aliphatic carbocycles. The molecule has 0 aromatic heterocycles. The summed E-state index contributed by atoms with van der Waals surface area (Å²) < 4.78 is 54.9. The van der Waals surface area contributed by atoms with E-state index in [4.69, 9.17) is 21.1 Å². The van der Waals surface area contributed by atoms with Gasteiger partial charge in [-0.05, 0) is 75.0 Å². The Bertz CT molecular complexity index is 981. The lowest BCUT2D eigenvalue weighted by Gasteiger charge is -2.19. The minimum atomic E-state index is -5.12. The van der Waals surface area contributed by atoms with Gasteiger partial charge in [0.25, 0.3) is 0 Å². The molecule has 2 rings (SSSR count). The first-order valence-electron chi connectivity index (χ1n) is 8.85. The SMILES string of the molecule is COC(=O)[C@H](Cc1cc(I)c(OCc2ccc(Cl)cc2OC)c(I)c1)NC(=O)C(F)(F)F. The maximum Gasteiger partial charge on any atom is 0.471 e. The number of amides is 1. The third-order valence-corrected chi connectivity index (χ3v) is 6.01. The zero-order chi connectivity index (χ0) is 24.1. The van der Waals surface area contributed by atoms with Crippen LogP contribution in [0.25, 0.3) is 0 Å². The van der Waals surface area contributed by atoms with E-state index >= 15 is 0 Å². The number of rotatable bonds is 8. The molecular weight excluding hydrogens is 680 g/mol. The molecule has 2 aromatic carbocycles. The molecule has 12 heteroatoms. The van der Waals surface area contributed by atoms with Crippen molar-refractivity contribution in [1.82, 2.24) is 5.32 Å². The van der Waals surface area contributed by atoms with Gasteiger partial charge < -0.3 is 19.5 Å². The van der Waals surface area contributed by atoms with E-state index < -0.39 is 24.1 Å². The van der Waals surface area contributed by atoms with Gasteiger partial charge in [0.05, 0.1) is 21.4 Å². The Hall–Kier alpha value is -1.48. The number of carbonyl (C=O) groups excluding carboxylic acids is 2. The fourth-order valence-corrected chi connectivity index (χ4v) is 5.04. The third-order valence-electron chi connectivity index (χ3n) is 4.17. The van der Waals surface area contributed by atoms with Crippen molar-refractivity contribution >= 4 is 68.7 Å². The van der Waals surface area contributed by atoms with Crippen molar-refractivity contribution in [1.29, 1.82) is 0 Å². The molecule has 1 N–H and O–H groups in total. The first-order chi connectivity index (χ1) is 15.0. The van der Waals surface area contributed by atoms with Crippen molar-refractivity contribution in [3.8, 4) is 11.5 Å². The molecule has 0 fully saturated rings. The number of hydrogen-bond acceptors (Lipinski definition) is 5. The van der Waals surface area contributed by atoms with Crippen molar-refractivity contribution in [3.63, 3.8) is 0 Å². The summed E-state index contributed by atoms with van der Waals surface area (Å²) in [6, 6.07) is 6.98. The number of carbonyl (C=O) groups is 2. The number of hydrogen-bond donors (Lipinski definition) is 1. The van der Waals surface area contributed by atoms with Crippen LogP contribution in [0.1, 0.15) is 11.1 Å². The van der Waals surface area contributed by atoms with E-state index in [1.54, 1.807) is 35.6 Å². The van der Waals surface area contributed by atoms with E-state index in [9.17, 15) is 22.8 Å². The van der Waals surface area contributed by atoms with Crippen LogP contribution in [0.4, 0.5) is 13.2 Å². The number of benzene rings is 2. The van der Waals surface area contributed by atoms with Crippen LogP contribution in [0.5, 0.6) is 11.5 Å². The van der Waals surface area contributed by atoms with Crippen LogP contribution in [-0.4, -0.2) is 38.3 Å². The maximum absolute atomic E-state index is 12.6. The van der Waals surface area contributed by atoms with Crippen molar-refractivity contribution in [2.45, 2.75) is 25.2 Å². The maximum atomic E-state index is 12.6. The molecular formula is C20H17ClF3I2NO5. The predicted octanol–water partition coefficient (Wildman–Crippen LogP) is 4.90. The molecule has 0 aliphatic rings. The summed E-state index contributed by atoms with van der Waals surface area (Å²) in [6.45, 7) is 0.193. The highest BCUT2D eigenvalue weighted by atomic mass is 127. The average Bonchev–Trinajstić information content (AvgIpc) is 2.72. The molecule has 0 bridgehead atoms. The van der Waals surface area contributed by atoms with E-state index in [-0.39, 0.29) is 13.0 Å². The Kier molecular flexibility index (Phi) is 9.69. The van der Waals surface area contributed by atoms with Crippen LogP contribution in [0.2, 0.25) is 5.02 Å². The molecule has 0 saturated carbocycles. The largest absolute Gasteiger partial charge is 0.496 e. The number of ether oxygens (including phenoxy) is 3. The molecule has 0 aliphatic heterocycles. The summed E-state index contributed by atoms with van der Waals surface area (Å²) in [7, 11) is 2.55. The summed E-state index contributed by atoms with van der Waals surface area (Å²) in [4.78, 5) is 23.2. The van der Waals surface area contributed by atoms with Gasteiger partial charge in [-0.3, -0.25) is 4.79 Å². The highest BCUT2D eigenvalue weighted by Gasteiger charge is 2.41. The van der Waals surface area contributed by atoms with Gasteiger partial charge in [-0.1, -0.05) is 17.7 Å². The smallest absolute Gasteiger partial charge is 0.471 e. The van der Waals surface area contributed by atoms with E-state index in [1.165, 1.54) is 7.11 Å². The van der Waals surface area contributed by atoms with E-state index in [2.05, 4.69) is 4.74 Å². The highest BCUT2D eigenvalue weighted by molar-refractivity contribution is 14.1. The fourth-order valence-electron chi connectivity index (χ4n) is 2.67. The molecule has 0 unspecified atom stereocenters. The predicted molar refractivity (Wildman–Crippen MR) is 128 cm³/mol. The van der Waals surface area contributed by atoms with Gasteiger partial charge in [-0.2, -0.15) is 13.2 Å². The second-order valence-electron chi connectivity index (χ2n) is 6.38. The monoisotopic (exact) mass is 697 g/mol. The van der Waals surface area contributed by atoms with Crippen LogP contribution in [0, 0.1) is 7.14 Å². The molecule has 2 aromatic rings. The number of halogens is 6. The average molecular weight is 698 g/mol. The van der Waals surface area contributed by atoms with E-state index in [0.717, 1.165) is 12.7 Å². The van der Waals surface area contributed by atoms with Gasteiger partial charge in [-0.25, -0.2) is 4.79 Å². The van der Waals surface area contributed by atoms with Gasteiger partial charge in [0.1, 0.15) is 24.1 Å². The lowest BCUT2D eigenvalue weighted by Crippen LogP contribution is -2.48. The zero-order valence-electron chi connectivity index (χ0n) is 16.7. The second kappa shape index (κ2) is 11.6. The molecule has 0 saturated heterocycles. The molecule has 0 radical (unpaired) electrons. The summed E-state index contributed by atoms with van der Waals surface area (Å²) in [5.41, 5.74) is 1.29. The van der Waals surface area contributed by atoms with Crippen molar-refractivity contribution in [2.75, 3.05) is 14.2 Å². The standard InChI is InChI=1S/C20H17ClF3I2NO5/c1-30-16-8-12(21)4-3-11(16)9-32-17-13(25)5-10(6-14(17)26)7-15(18(28)31-2)27-19(29)20(22,23)24/h3-6,8,15H,7,9H2,1-2H3,(H,27,29)/t15-/m0/s1. The number of alkyl halides is 3. The van der Waals surface area contributed by atoms with Crippen LogP contribution in [-0.2, 0) is 27.4 Å². The quantitative estimate of drug-likeness (QED) is 0.314. The molecule has 174 valence electrons. The van der Waals surface area contributed by atoms with Gasteiger partial charge in [-0.15, -0.1) is 0 Å². The summed E-state index contributed by atoms with van der Waals surface area (Å²) in [5.74, 6) is -2.07. The number of methoxy groups -OCH3 is 2. The lowest BCUT2D eigenvalue weighted by atomic mass is 10.1. The number of esters is 1. The first-order valence-corrected chi connectivity index (χ1v) is 11.4. The van der Waals surface area contributed by atoms with E-state index in [0.29, 0.717) is 29.2 Å². The summed E-state index contributed by atoms with van der Waals surface area (Å²) >= 11 is 10.0. The minimum Gasteiger partial charge on any atom is -0.496 e. The Morgan fingerprint density at radius 3 is 2.28 bits per heavy atom. The van der Waals surface area contributed by atoms with Gasteiger partial charge in [0, 0.05) is 17.0 Å². The van der Waals surface area contributed by atoms with Crippen LogP contribution in [0.3, 0.4) is 0 Å². The Labute approximate surface area is 214 Å². The summed E-state index contributed by atoms with van der Waals surface area (Å²) in [5, 5.41) is 2.20. The minimum absolute atomic E-state index is 0.189. The normalized spacial score (nSPS) is 12.1. The second-order valence-corrected chi connectivity index (χ2v) is 9.15. The van der Waals surface area contributed by atoms with Crippen LogP contribution in [0.15, 0.2) is 30.3 Å². The Morgan fingerprint density at radius 1 is 1.12 bits per heavy atom. The third kappa shape index (κ3) is 7.27. The molecule has 1 atom stereocenters. The molecule has 0 spiro atoms. The van der Waals surface area contributed by atoms with Crippen molar-refractivity contribution < 1.29 is 37.0 Å². The lowest BCUT2D eigenvalue weighted by molar-refractivity contribution is -0.175. The van der Waals surface area contributed by atoms with Crippen molar-refractivity contribution in [2.24, 2.45) is 0 Å². The molecule has 32 heavy (non-hydrogen) atoms. The zero-order valence-corrected chi connectivity index (χ0v) is 21.8. The first kappa shape index (κ1) is 26.8. The number of nitrogens with one attached hydrogen (secondary N) is 1. The van der Waals surface area contributed by atoms with Gasteiger partial charge in [0.2, 0.25) is 0 Å². The fraction of sp³-hybridized carbons (Fsp3) is 0.300. The van der Waals surface area contributed by atoms with Gasteiger partial charge in [0.15, 0.2) is 0 Å². The van der Waals surface area contributed by atoms with Crippen LogP contribution >= 0.6 is 56.8 Å². The van der Waals surface area contributed by atoms with Crippen molar-refractivity contribution in [3.05, 3.63) is 53.6 Å². The Morgan fingerprint density at radius 2 is 1.75 bits per heavy atom. The molecule has 1 amide bonds. The van der Waals surface area contributed by atoms with Crippen LogP contribution < -0.4 is 14.8 Å².